The Labute approximate surface area is 89.7 Å². The Morgan fingerprint density at radius 1 is 1.29 bits per heavy atom. The van der Waals surface area contributed by atoms with Gasteiger partial charge < -0.3 is 5.32 Å². The van der Waals surface area contributed by atoms with Crippen molar-refractivity contribution in [3.8, 4) is 12.3 Å². The molecular formula is C13H25N. The molecule has 0 amide bonds. The van der Waals surface area contributed by atoms with Crippen molar-refractivity contribution in [3.05, 3.63) is 0 Å². The van der Waals surface area contributed by atoms with Crippen LogP contribution in [-0.4, -0.2) is 12.6 Å². The van der Waals surface area contributed by atoms with Crippen molar-refractivity contribution < 1.29 is 0 Å². The highest BCUT2D eigenvalue weighted by Gasteiger charge is 2.18. The van der Waals surface area contributed by atoms with E-state index in [2.05, 4.69) is 38.9 Å². The van der Waals surface area contributed by atoms with Gasteiger partial charge in [-0.1, -0.05) is 27.7 Å². The van der Waals surface area contributed by atoms with Gasteiger partial charge in [0.1, 0.15) is 0 Å². The molecule has 82 valence electrons. The van der Waals surface area contributed by atoms with Crippen LogP contribution < -0.4 is 5.32 Å². The van der Waals surface area contributed by atoms with Crippen LogP contribution in [0.15, 0.2) is 0 Å². The van der Waals surface area contributed by atoms with E-state index in [1.165, 1.54) is 6.42 Å². The zero-order chi connectivity index (χ0) is 11.0. The molecule has 0 saturated carbocycles. The first-order valence-corrected chi connectivity index (χ1v) is 5.80. The molecule has 1 N–H and O–H groups in total. The molecule has 0 aliphatic heterocycles. The van der Waals surface area contributed by atoms with Crippen LogP contribution in [0.1, 0.15) is 47.0 Å². The third kappa shape index (κ3) is 5.29. The van der Waals surface area contributed by atoms with E-state index >= 15 is 0 Å². The molecule has 0 saturated heterocycles. The lowest BCUT2D eigenvalue weighted by molar-refractivity contribution is 0.286. The fourth-order valence-electron chi connectivity index (χ4n) is 1.70. The maximum absolute atomic E-state index is 5.25. The molecule has 1 nitrogen and oxygen atoms in total. The van der Waals surface area contributed by atoms with E-state index in [1.54, 1.807) is 0 Å². The number of rotatable bonds is 7. The molecule has 14 heavy (non-hydrogen) atoms. The van der Waals surface area contributed by atoms with Crippen LogP contribution in [0.3, 0.4) is 0 Å². The molecule has 0 aromatic rings. The Kier molecular flexibility index (Phi) is 7.61. The first-order valence-electron chi connectivity index (χ1n) is 5.80. The van der Waals surface area contributed by atoms with Crippen LogP contribution in [0, 0.1) is 24.2 Å². The van der Waals surface area contributed by atoms with Crippen LogP contribution in [-0.2, 0) is 0 Å². The van der Waals surface area contributed by atoms with Gasteiger partial charge in [-0.25, -0.2) is 0 Å². The van der Waals surface area contributed by atoms with Gasteiger partial charge in [-0.05, 0) is 31.2 Å². The fourth-order valence-corrected chi connectivity index (χ4v) is 1.70. The summed E-state index contributed by atoms with van der Waals surface area (Å²) in [5.41, 5.74) is 0. The predicted octanol–water partition coefficient (Wildman–Crippen LogP) is 3.06. The lowest BCUT2D eigenvalue weighted by Crippen LogP contribution is -2.37. The van der Waals surface area contributed by atoms with Crippen molar-refractivity contribution in [2.45, 2.75) is 53.0 Å². The summed E-state index contributed by atoms with van der Waals surface area (Å²) in [6, 6.07) is 0.633. The summed E-state index contributed by atoms with van der Waals surface area (Å²) in [6.45, 7) is 10.1. The number of unbranched alkanes of at least 4 members (excludes halogenated alkanes) is 1. The third-order valence-electron chi connectivity index (χ3n) is 2.99. The molecule has 0 radical (unpaired) electrons. The van der Waals surface area contributed by atoms with Crippen LogP contribution in [0.25, 0.3) is 0 Å². The molecule has 0 aromatic carbocycles. The second-order valence-corrected chi connectivity index (χ2v) is 4.36. The number of hydrogen-bond donors (Lipinski definition) is 1. The number of nitrogens with one attached hydrogen (secondary N) is 1. The van der Waals surface area contributed by atoms with E-state index in [4.69, 9.17) is 6.42 Å². The smallest absolute Gasteiger partial charge is 0.00953 e. The molecule has 0 rings (SSSR count). The van der Waals surface area contributed by atoms with E-state index in [-0.39, 0.29) is 0 Å². The lowest BCUT2D eigenvalue weighted by atomic mass is 9.87. The SMILES string of the molecule is C#CCCCC(NCC)C(C)C(C)C. The average molecular weight is 195 g/mol. The van der Waals surface area contributed by atoms with Crippen molar-refractivity contribution >= 4 is 0 Å². The standard InChI is InChI=1S/C13H25N/c1-6-8-9-10-13(14-7-2)12(5)11(3)4/h1,11-14H,7-10H2,2-5H3. The normalized spacial score (nSPS) is 15.1. The summed E-state index contributed by atoms with van der Waals surface area (Å²) in [6.07, 6.45) is 8.51. The Balaban J connectivity index is 3.94. The van der Waals surface area contributed by atoms with Gasteiger partial charge in [0.15, 0.2) is 0 Å². The summed E-state index contributed by atoms with van der Waals surface area (Å²) in [5.74, 6) is 4.18. The second kappa shape index (κ2) is 7.88. The summed E-state index contributed by atoms with van der Waals surface area (Å²) < 4.78 is 0. The van der Waals surface area contributed by atoms with E-state index < -0.39 is 0 Å². The summed E-state index contributed by atoms with van der Waals surface area (Å²) in [4.78, 5) is 0. The minimum Gasteiger partial charge on any atom is -0.314 e. The molecule has 0 aliphatic rings. The van der Waals surface area contributed by atoms with Gasteiger partial charge in [-0.2, -0.15) is 0 Å². The zero-order valence-corrected chi connectivity index (χ0v) is 10.1. The third-order valence-corrected chi connectivity index (χ3v) is 2.99. The lowest BCUT2D eigenvalue weighted by Gasteiger charge is -2.27. The topological polar surface area (TPSA) is 12.0 Å². The minimum atomic E-state index is 0.633. The van der Waals surface area contributed by atoms with Crippen LogP contribution in [0.2, 0.25) is 0 Å². The highest BCUT2D eigenvalue weighted by molar-refractivity contribution is 4.84. The molecule has 1 heteroatoms. The number of hydrogen-bond acceptors (Lipinski definition) is 1. The Bertz CT molecular complexity index is 167. The monoisotopic (exact) mass is 195 g/mol. The van der Waals surface area contributed by atoms with Crippen molar-refractivity contribution in [2.24, 2.45) is 11.8 Å². The molecule has 0 aromatic heterocycles. The van der Waals surface area contributed by atoms with E-state index in [9.17, 15) is 0 Å². The first-order chi connectivity index (χ1) is 6.63. The molecule has 0 fully saturated rings. The zero-order valence-electron chi connectivity index (χ0n) is 10.1. The molecule has 2 atom stereocenters. The predicted molar refractivity (Wildman–Crippen MR) is 64.2 cm³/mol. The van der Waals surface area contributed by atoms with Gasteiger partial charge >= 0.3 is 0 Å². The molecule has 2 unspecified atom stereocenters. The molecule has 0 spiro atoms. The molecule has 0 aliphatic carbocycles. The van der Waals surface area contributed by atoms with Crippen molar-refractivity contribution in [3.63, 3.8) is 0 Å². The van der Waals surface area contributed by atoms with Crippen molar-refractivity contribution in [1.82, 2.24) is 5.32 Å². The maximum Gasteiger partial charge on any atom is 0.00953 e. The Morgan fingerprint density at radius 3 is 2.36 bits per heavy atom. The summed E-state index contributed by atoms with van der Waals surface area (Å²) >= 11 is 0. The van der Waals surface area contributed by atoms with E-state index in [0.717, 1.165) is 31.2 Å². The minimum absolute atomic E-state index is 0.633. The van der Waals surface area contributed by atoms with Crippen LogP contribution >= 0.6 is 0 Å². The van der Waals surface area contributed by atoms with Crippen molar-refractivity contribution in [1.29, 1.82) is 0 Å². The van der Waals surface area contributed by atoms with E-state index in [1.807, 2.05) is 0 Å². The second-order valence-electron chi connectivity index (χ2n) is 4.36. The Hall–Kier alpha value is -0.480. The van der Waals surface area contributed by atoms with Gasteiger partial charge in [-0.3, -0.25) is 0 Å². The number of terminal acetylenes is 1. The van der Waals surface area contributed by atoms with Gasteiger partial charge in [0.05, 0.1) is 0 Å². The van der Waals surface area contributed by atoms with Gasteiger partial charge in [0, 0.05) is 12.5 Å². The Morgan fingerprint density at radius 2 is 1.93 bits per heavy atom. The van der Waals surface area contributed by atoms with Gasteiger partial charge in [0.25, 0.3) is 0 Å². The summed E-state index contributed by atoms with van der Waals surface area (Å²) in [7, 11) is 0. The van der Waals surface area contributed by atoms with Gasteiger partial charge in [0.2, 0.25) is 0 Å². The van der Waals surface area contributed by atoms with Crippen LogP contribution in [0.4, 0.5) is 0 Å². The molecule has 0 bridgehead atoms. The fraction of sp³-hybridized carbons (Fsp3) is 0.846. The van der Waals surface area contributed by atoms with Gasteiger partial charge in [-0.15, -0.1) is 12.3 Å². The first kappa shape index (κ1) is 13.5. The highest BCUT2D eigenvalue weighted by atomic mass is 14.9. The van der Waals surface area contributed by atoms with Crippen molar-refractivity contribution in [2.75, 3.05) is 6.54 Å². The summed E-state index contributed by atoms with van der Waals surface area (Å²) in [5, 5.41) is 3.55. The molecular weight excluding hydrogens is 170 g/mol. The largest absolute Gasteiger partial charge is 0.314 e. The average Bonchev–Trinajstić information content (AvgIpc) is 2.15. The maximum atomic E-state index is 5.25. The van der Waals surface area contributed by atoms with Crippen LogP contribution in [0.5, 0.6) is 0 Å². The quantitative estimate of drug-likeness (QED) is 0.486. The highest BCUT2D eigenvalue weighted by Crippen LogP contribution is 2.18. The van der Waals surface area contributed by atoms with E-state index in [0.29, 0.717) is 6.04 Å². The molecule has 0 heterocycles.